The summed E-state index contributed by atoms with van der Waals surface area (Å²) in [6.07, 6.45) is 4.39. The third-order valence-electron chi connectivity index (χ3n) is 3.19. The number of hydrogen-bond acceptors (Lipinski definition) is 3. The van der Waals surface area contributed by atoms with E-state index in [0.717, 1.165) is 38.6 Å². The molecule has 0 radical (unpaired) electrons. The van der Waals surface area contributed by atoms with Crippen LogP contribution < -0.4 is 5.32 Å². The molecule has 0 aliphatic carbocycles. The molecule has 19 heavy (non-hydrogen) atoms. The number of pyridine rings is 1. The van der Waals surface area contributed by atoms with Crippen LogP contribution in [0.15, 0.2) is 24.4 Å². The molecule has 1 heterocycles. The Bertz CT molecular complexity index is 311. The molecule has 0 saturated carbocycles. The summed E-state index contributed by atoms with van der Waals surface area (Å²) < 4.78 is 0. The fourth-order valence-electron chi connectivity index (χ4n) is 2.05. The van der Waals surface area contributed by atoms with Gasteiger partial charge in [-0.1, -0.05) is 26.8 Å². The number of hydrogen-bond donors (Lipinski definition) is 1. The third-order valence-corrected chi connectivity index (χ3v) is 3.19. The van der Waals surface area contributed by atoms with Crippen molar-refractivity contribution in [3.8, 4) is 0 Å². The van der Waals surface area contributed by atoms with Gasteiger partial charge in [-0.05, 0) is 57.1 Å². The van der Waals surface area contributed by atoms with Gasteiger partial charge in [-0.25, -0.2) is 0 Å². The lowest BCUT2D eigenvalue weighted by atomic mass is 10.2. The first-order chi connectivity index (χ1) is 9.22. The zero-order chi connectivity index (χ0) is 13.9. The van der Waals surface area contributed by atoms with Crippen molar-refractivity contribution < 1.29 is 0 Å². The molecule has 0 unspecified atom stereocenters. The molecule has 3 nitrogen and oxygen atoms in total. The van der Waals surface area contributed by atoms with Gasteiger partial charge in [-0.3, -0.25) is 9.88 Å². The Morgan fingerprint density at radius 3 is 2.74 bits per heavy atom. The highest BCUT2D eigenvalue weighted by atomic mass is 15.1. The minimum absolute atomic E-state index is 0.747. The lowest BCUT2D eigenvalue weighted by molar-refractivity contribution is 0.270. The van der Waals surface area contributed by atoms with Gasteiger partial charge in [-0.15, -0.1) is 0 Å². The minimum Gasteiger partial charge on any atom is -0.316 e. The van der Waals surface area contributed by atoms with Crippen molar-refractivity contribution in [2.24, 2.45) is 5.92 Å². The van der Waals surface area contributed by atoms with Gasteiger partial charge in [0.15, 0.2) is 0 Å². The summed E-state index contributed by atoms with van der Waals surface area (Å²) in [5, 5.41) is 3.50. The van der Waals surface area contributed by atoms with Crippen LogP contribution >= 0.6 is 0 Å². The first-order valence-corrected chi connectivity index (χ1v) is 7.55. The van der Waals surface area contributed by atoms with E-state index in [1.165, 1.54) is 18.5 Å². The summed E-state index contributed by atoms with van der Waals surface area (Å²) in [5.74, 6) is 0.747. The number of unbranched alkanes of at least 4 members (excludes halogenated alkanes) is 1. The molecule has 1 N–H and O–H groups in total. The fourth-order valence-corrected chi connectivity index (χ4v) is 2.05. The van der Waals surface area contributed by atoms with Crippen molar-refractivity contribution in [1.29, 1.82) is 0 Å². The zero-order valence-electron chi connectivity index (χ0n) is 12.7. The van der Waals surface area contributed by atoms with E-state index < -0.39 is 0 Å². The number of nitrogens with zero attached hydrogens (tertiary/aromatic N) is 2. The molecule has 0 bridgehead atoms. The van der Waals surface area contributed by atoms with Gasteiger partial charge >= 0.3 is 0 Å². The summed E-state index contributed by atoms with van der Waals surface area (Å²) in [7, 11) is 0. The molecule has 0 atom stereocenters. The van der Waals surface area contributed by atoms with Gasteiger partial charge in [0, 0.05) is 12.7 Å². The van der Waals surface area contributed by atoms with Crippen molar-refractivity contribution in [2.75, 3.05) is 26.2 Å². The maximum absolute atomic E-state index is 4.39. The normalized spacial score (nSPS) is 11.4. The number of rotatable bonds is 10. The molecule has 0 amide bonds. The summed E-state index contributed by atoms with van der Waals surface area (Å²) in [5.41, 5.74) is 1.17. The molecule has 0 aliphatic heterocycles. The standard InChI is InChI=1S/C16H29N3/c1-4-19(14-16-9-5-6-11-18-16)12-8-7-10-17-13-15(2)3/h5-6,9,11,15,17H,4,7-8,10,12-14H2,1-3H3. The molecule has 0 spiro atoms. The van der Waals surface area contributed by atoms with E-state index in [1.807, 2.05) is 12.3 Å². The zero-order valence-corrected chi connectivity index (χ0v) is 12.7. The lowest BCUT2D eigenvalue weighted by Gasteiger charge is -2.19. The average Bonchev–Trinajstić information content (AvgIpc) is 2.42. The molecule has 0 fully saturated rings. The smallest absolute Gasteiger partial charge is 0.0543 e. The molecular formula is C16H29N3. The fraction of sp³-hybridized carbons (Fsp3) is 0.688. The highest BCUT2D eigenvalue weighted by Crippen LogP contribution is 2.02. The molecule has 0 saturated heterocycles. The SMILES string of the molecule is CCN(CCCCNCC(C)C)Cc1ccccn1. The molecule has 108 valence electrons. The van der Waals surface area contributed by atoms with E-state index >= 15 is 0 Å². The number of aromatic nitrogens is 1. The molecule has 0 aromatic carbocycles. The van der Waals surface area contributed by atoms with E-state index in [1.54, 1.807) is 0 Å². The molecule has 3 heteroatoms. The summed E-state index contributed by atoms with van der Waals surface area (Å²) in [4.78, 5) is 6.85. The second-order valence-corrected chi connectivity index (χ2v) is 5.49. The van der Waals surface area contributed by atoms with Crippen LogP contribution in [-0.2, 0) is 6.54 Å². The second kappa shape index (κ2) is 9.93. The van der Waals surface area contributed by atoms with Crippen molar-refractivity contribution in [3.63, 3.8) is 0 Å². The van der Waals surface area contributed by atoms with E-state index in [9.17, 15) is 0 Å². The quantitative estimate of drug-likeness (QED) is 0.658. The van der Waals surface area contributed by atoms with Crippen LogP contribution in [0.5, 0.6) is 0 Å². The highest BCUT2D eigenvalue weighted by molar-refractivity contribution is 5.03. The van der Waals surface area contributed by atoms with E-state index in [-0.39, 0.29) is 0 Å². The Hall–Kier alpha value is -0.930. The van der Waals surface area contributed by atoms with Crippen molar-refractivity contribution in [2.45, 2.75) is 40.2 Å². The highest BCUT2D eigenvalue weighted by Gasteiger charge is 2.03. The van der Waals surface area contributed by atoms with Crippen molar-refractivity contribution in [3.05, 3.63) is 30.1 Å². The largest absolute Gasteiger partial charge is 0.316 e. The van der Waals surface area contributed by atoms with Crippen molar-refractivity contribution in [1.82, 2.24) is 15.2 Å². The van der Waals surface area contributed by atoms with Gasteiger partial charge in [0.25, 0.3) is 0 Å². The van der Waals surface area contributed by atoms with Crippen LogP contribution in [0.1, 0.15) is 39.3 Å². The third kappa shape index (κ3) is 7.96. The average molecular weight is 263 g/mol. The van der Waals surface area contributed by atoms with Gasteiger partial charge in [0.2, 0.25) is 0 Å². The van der Waals surface area contributed by atoms with Crippen LogP contribution in [0.2, 0.25) is 0 Å². The molecular weight excluding hydrogens is 234 g/mol. The first kappa shape index (κ1) is 16.1. The van der Waals surface area contributed by atoms with Crippen LogP contribution in [-0.4, -0.2) is 36.1 Å². The van der Waals surface area contributed by atoms with Crippen LogP contribution in [0.3, 0.4) is 0 Å². The van der Waals surface area contributed by atoms with Crippen molar-refractivity contribution >= 4 is 0 Å². The van der Waals surface area contributed by atoms with E-state index in [2.05, 4.69) is 48.1 Å². The monoisotopic (exact) mass is 263 g/mol. The van der Waals surface area contributed by atoms with Gasteiger partial charge in [0.05, 0.1) is 5.69 Å². The maximum Gasteiger partial charge on any atom is 0.0543 e. The van der Waals surface area contributed by atoms with Crippen LogP contribution in [0.25, 0.3) is 0 Å². The van der Waals surface area contributed by atoms with Crippen LogP contribution in [0, 0.1) is 5.92 Å². The molecule has 1 aromatic heterocycles. The number of nitrogens with one attached hydrogen (secondary N) is 1. The molecule has 0 aliphatic rings. The Kier molecular flexibility index (Phi) is 8.43. The maximum atomic E-state index is 4.39. The van der Waals surface area contributed by atoms with Gasteiger partial charge in [-0.2, -0.15) is 0 Å². The summed E-state index contributed by atoms with van der Waals surface area (Å²) in [6.45, 7) is 12.2. The van der Waals surface area contributed by atoms with E-state index in [0.29, 0.717) is 0 Å². The predicted octanol–water partition coefficient (Wildman–Crippen LogP) is 2.93. The Labute approximate surface area is 118 Å². The summed E-state index contributed by atoms with van der Waals surface area (Å²) >= 11 is 0. The Morgan fingerprint density at radius 1 is 1.26 bits per heavy atom. The topological polar surface area (TPSA) is 28.2 Å². The predicted molar refractivity (Wildman–Crippen MR) is 82.1 cm³/mol. The second-order valence-electron chi connectivity index (χ2n) is 5.49. The minimum atomic E-state index is 0.747. The first-order valence-electron chi connectivity index (χ1n) is 7.55. The Balaban J connectivity index is 2.12. The van der Waals surface area contributed by atoms with Gasteiger partial charge < -0.3 is 5.32 Å². The van der Waals surface area contributed by atoms with Gasteiger partial charge in [0.1, 0.15) is 0 Å². The molecule has 1 aromatic rings. The summed E-state index contributed by atoms with van der Waals surface area (Å²) in [6, 6.07) is 6.14. The Morgan fingerprint density at radius 2 is 2.11 bits per heavy atom. The van der Waals surface area contributed by atoms with Crippen LogP contribution in [0.4, 0.5) is 0 Å². The molecule has 1 rings (SSSR count). The van der Waals surface area contributed by atoms with E-state index in [4.69, 9.17) is 0 Å². The lowest BCUT2D eigenvalue weighted by Crippen LogP contribution is -2.26.